The van der Waals surface area contributed by atoms with Crippen molar-refractivity contribution in [2.75, 3.05) is 13.1 Å². The van der Waals surface area contributed by atoms with Crippen LogP contribution in [0.4, 0.5) is 0 Å². The summed E-state index contributed by atoms with van der Waals surface area (Å²) in [5.41, 5.74) is 2.47. The van der Waals surface area contributed by atoms with E-state index < -0.39 is 0 Å². The van der Waals surface area contributed by atoms with E-state index in [2.05, 4.69) is 53.1 Å². The first-order chi connectivity index (χ1) is 12.6. The van der Waals surface area contributed by atoms with Gasteiger partial charge < -0.3 is 5.11 Å². The van der Waals surface area contributed by atoms with Crippen LogP contribution < -0.4 is 0 Å². The van der Waals surface area contributed by atoms with E-state index in [-0.39, 0.29) is 11.9 Å². The topological polar surface area (TPSA) is 53.7 Å². The highest BCUT2D eigenvalue weighted by molar-refractivity contribution is 7.17. The molecule has 0 unspecified atom stereocenters. The zero-order valence-corrected chi connectivity index (χ0v) is 16.5. The number of nitrogens with zero attached hydrogens (tertiary/aromatic N) is 4. The van der Waals surface area contributed by atoms with E-state index in [1.54, 1.807) is 15.9 Å². The number of likely N-dealkylation sites (tertiary alicyclic amines) is 1. The number of benzene rings is 1. The molecule has 2 aromatic heterocycles. The predicted molar refractivity (Wildman–Crippen MR) is 105 cm³/mol. The average molecular weight is 371 g/mol. The van der Waals surface area contributed by atoms with Crippen molar-refractivity contribution in [3.63, 3.8) is 0 Å². The third-order valence-electron chi connectivity index (χ3n) is 5.25. The summed E-state index contributed by atoms with van der Waals surface area (Å²) >= 11 is 1.56. The maximum absolute atomic E-state index is 10.9. The van der Waals surface area contributed by atoms with Crippen LogP contribution in [-0.4, -0.2) is 37.7 Å². The Hall–Kier alpha value is -1.92. The third-order valence-corrected chi connectivity index (χ3v) is 6.33. The summed E-state index contributed by atoms with van der Waals surface area (Å²) in [6.45, 7) is 8.55. The van der Waals surface area contributed by atoms with Gasteiger partial charge >= 0.3 is 0 Å². The van der Waals surface area contributed by atoms with Gasteiger partial charge in [0, 0.05) is 13.0 Å². The normalized spacial score (nSPS) is 19.9. The summed E-state index contributed by atoms with van der Waals surface area (Å²) in [6.07, 6.45) is 3.25. The van der Waals surface area contributed by atoms with Gasteiger partial charge in [0.1, 0.15) is 0 Å². The first-order valence-electron chi connectivity index (χ1n) is 9.44. The Balaban J connectivity index is 1.80. The van der Waals surface area contributed by atoms with Crippen molar-refractivity contribution >= 4 is 16.3 Å². The summed E-state index contributed by atoms with van der Waals surface area (Å²) < 4.78 is 1.60. The van der Waals surface area contributed by atoms with E-state index in [4.69, 9.17) is 0 Å². The molecular weight excluding hydrogens is 344 g/mol. The standard InChI is InChI=1S/C20H26N4OS/c1-4-16-21-20-24(22-16)19(25)18(26-20)17(15-9-7-13(2)8-10-15)23-11-5-6-14(3)12-23/h7-10,14,17,25H,4-6,11-12H2,1-3H3/t14-,17+/m1/s1. The molecule has 3 aromatic rings. The van der Waals surface area contributed by atoms with Crippen LogP contribution in [0.2, 0.25) is 0 Å². The molecule has 1 N–H and O–H groups in total. The van der Waals surface area contributed by atoms with Crippen LogP contribution in [-0.2, 0) is 6.42 Å². The van der Waals surface area contributed by atoms with Crippen LogP contribution in [0.25, 0.3) is 4.96 Å². The molecule has 0 bridgehead atoms. The SMILES string of the molecule is CCc1nc2sc([C@H](c3ccc(C)cc3)N3CCC[C@@H](C)C3)c(O)n2n1. The maximum atomic E-state index is 10.9. The van der Waals surface area contributed by atoms with Crippen molar-refractivity contribution in [1.29, 1.82) is 0 Å². The Labute approximate surface area is 158 Å². The first-order valence-corrected chi connectivity index (χ1v) is 10.3. The fraction of sp³-hybridized carbons (Fsp3) is 0.500. The number of aromatic hydroxyl groups is 1. The van der Waals surface area contributed by atoms with Gasteiger partial charge in [-0.05, 0) is 37.8 Å². The molecule has 0 amide bonds. The highest BCUT2D eigenvalue weighted by Crippen LogP contribution is 2.41. The largest absolute Gasteiger partial charge is 0.492 e. The summed E-state index contributed by atoms with van der Waals surface area (Å²) in [5.74, 6) is 1.69. The van der Waals surface area contributed by atoms with E-state index >= 15 is 0 Å². The number of aromatic nitrogens is 3. The molecular formula is C20H26N4OS. The molecule has 138 valence electrons. The van der Waals surface area contributed by atoms with Crippen LogP contribution >= 0.6 is 11.3 Å². The molecule has 1 fully saturated rings. The molecule has 0 spiro atoms. The van der Waals surface area contributed by atoms with Crippen LogP contribution in [0, 0.1) is 12.8 Å². The molecule has 1 aliphatic rings. The lowest BCUT2D eigenvalue weighted by atomic mass is 9.95. The van der Waals surface area contributed by atoms with Gasteiger partial charge in [-0.25, -0.2) is 4.98 Å². The minimum atomic E-state index is 0.0527. The number of piperidine rings is 1. The summed E-state index contributed by atoms with van der Waals surface area (Å²) in [4.78, 5) is 8.78. The van der Waals surface area contributed by atoms with Crippen molar-refractivity contribution in [3.8, 4) is 5.88 Å². The first kappa shape index (κ1) is 17.5. The zero-order valence-electron chi connectivity index (χ0n) is 15.6. The van der Waals surface area contributed by atoms with E-state index in [1.165, 1.54) is 24.0 Å². The summed E-state index contributed by atoms with van der Waals surface area (Å²) in [5, 5.41) is 15.4. The highest BCUT2D eigenvalue weighted by atomic mass is 32.1. The highest BCUT2D eigenvalue weighted by Gasteiger charge is 2.31. The van der Waals surface area contributed by atoms with E-state index in [1.807, 2.05) is 6.92 Å². The molecule has 5 nitrogen and oxygen atoms in total. The quantitative estimate of drug-likeness (QED) is 0.748. The maximum Gasteiger partial charge on any atom is 0.230 e. The lowest BCUT2D eigenvalue weighted by molar-refractivity contribution is 0.149. The van der Waals surface area contributed by atoms with Gasteiger partial charge in [0.15, 0.2) is 5.82 Å². The van der Waals surface area contributed by atoms with E-state index in [0.717, 1.165) is 35.2 Å². The van der Waals surface area contributed by atoms with Crippen molar-refractivity contribution in [3.05, 3.63) is 46.1 Å². The van der Waals surface area contributed by atoms with Gasteiger partial charge in [0.05, 0.1) is 10.9 Å². The smallest absolute Gasteiger partial charge is 0.230 e. The molecule has 1 aliphatic heterocycles. The number of thiazole rings is 1. The molecule has 26 heavy (non-hydrogen) atoms. The van der Waals surface area contributed by atoms with Crippen LogP contribution in [0.1, 0.15) is 54.6 Å². The number of fused-ring (bicyclic) bond motifs is 1. The number of hydrogen-bond donors (Lipinski definition) is 1. The second-order valence-electron chi connectivity index (χ2n) is 7.42. The van der Waals surface area contributed by atoms with Crippen LogP contribution in [0.15, 0.2) is 24.3 Å². The second-order valence-corrected chi connectivity index (χ2v) is 8.43. The molecule has 6 heteroatoms. The van der Waals surface area contributed by atoms with E-state index in [0.29, 0.717) is 5.92 Å². The molecule has 4 rings (SSSR count). The Kier molecular flexibility index (Phi) is 4.71. The minimum absolute atomic E-state index is 0.0527. The number of hydrogen-bond acceptors (Lipinski definition) is 5. The van der Waals surface area contributed by atoms with Gasteiger partial charge in [-0.2, -0.15) is 4.52 Å². The summed E-state index contributed by atoms with van der Waals surface area (Å²) in [6, 6.07) is 8.73. The van der Waals surface area contributed by atoms with Gasteiger partial charge in [0.2, 0.25) is 10.8 Å². The van der Waals surface area contributed by atoms with E-state index in [9.17, 15) is 5.11 Å². The minimum Gasteiger partial charge on any atom is -0.492 e. The van der Waals surface area contributed by atoms with Gasteiger partial charge in [-0.3, -0.25) is 4.90 Å². The van der Waals surface area contributed by atoms with Gasteiger partial charge in [0.25, 0.3) is 0 Å². The molecule has 3 heterocycles. The molecule has 0 radical (unpaired) electrons. The van der Waals surface area contributed by atoms with Crippen molar-refractivity contribution in [2.24, 2.45) is 5.92 Å². The number of rotatable bonds is 4. The zero-order chi connectivity index (χ0) is 18.3. The van der Waals surface area contributed by atoms with Gasteiger partial charge in [-0.15, -0.1) is 5.10 Å². The predicted octanol–water partition coefficient (Wildman–Crippen LogP) is 4.19. The lowest BCUT2D eigenvalue weighted by Crippen LogP contribution is -2.37. The van der Waals surface area contributed by atoms with Crippen molar-refractivity contribution < 1.29 is 5.11 Å². The van der Waals surface area contributed by atoms with Crippen molar-refractivity contribution in [1.82, 2.24) is 19.5 Å². The Morgan fingerprint density at radius 2 is 2.08 bits per heavy atom. The monoisotopic (exact) mass is 370 g/mol. The second kappa shape index (κ2) is 7.00. The van der Waals surface area contributed by atoms with Crippen LogP contribution in [0.3, 0.4) is 0 Å². The fourth-order valence-corrected chi connectivity index (χ4v) is 4.99. The Morgan fingerprint density at radius 3 is 2.73 bits per heavy atom. The summed E-state index contributed by atoms with van der Waals surface area (Å²) in [7, 11) is 0. The molecule has 2 atom stereocenters. The molecule has 1 saturated heterocycles. The molecule has 0 aliphatic carbocycles. The van der Waals surface area contributed by atoms with Crippen LogP contribution in [0.5, 0.6) is 5.88 Å². The third kappa shape index (κ3) is 3.12. The Bertz CT molecular complexity index is 899. The molecule has 1 aromatic carbocycles. The average Bonchev–Trinajstić information content (AvgIpc) is 3.17. The van der Waals surface area contributed by atoms with Crippen molar-refractivity contribution in [2.45, 2.75) is 46.1 Å². The Morgan fingerprint density at radius 1 is 1.31 bits per heavy atom. The lowest BCUT2D eigenvalue weighted by Gasteiger charge is -2.37. The fourth-order valence-electron chi connectivity index (χ4n) is 3.86. The van der Waals surface area contributed by atoms with Gasteiger partial charge in [-0.1, -0.05) is 55.0 Å². The molecule has 0 saturated carbocycles. The number of aryl methyl sites for hydroxylation is 2.